The van der Waals surface area contributed by atoms with Gasteiger partial charge in [0, 0.05) is 30.5 Å². The van der Waals surface area contributed by atoms with Gasteiger partial charge in [0.15, 0.2) is 0 Å². The quantitative estimate of drug-likeness (QED) is 0.891. The van der Waals surface area contributed by atoms with Crippen molar-refractivity contribution in [3.63, 3.8) is 0 Å². The molecule has 2 aromatic carbocycles. The molecule has 0 aliphatic carbocycles. The highest BCUT2D eigenvalue weighted by atomic mass is 16.2. The Hall–Kier alpha value is -2.82. The summed E-state index contributed by atoms with van der Waals surface area (Å²) < 4.78 is 0. The van der Waals surface area contributed by atoms with E-state index in [0.29, 0.717) is 12.8 Å². The first-order valence-corrected chi connectivity index (χ1v) is 7.57. The van der Waals surface area contributed by atoms with Crippen LogP contribution in [-0.2, 0) is 11.2 Å². The van der Waals surface area contributed by atoms with Gasteiger partial charge in [-0.05, 0) is 54.8 Å². The van der Waals surface area contributed by atoms with Gasteiger partial charge in [0.05, 0.1) is 0 Å². The van der Waals surface area contributed by atoms with Gasteiger partial charge in [-0.15, -0.1) is 0 Å². The lowest BCUT2D eigenvalue weighted by Gasteiger charge is -2.26. The number of rotatable bonds is 2. The molecule has 1 heterocycles. The van der Waals surface area contributed by atoms with Gasteiger partial charge >= 0.3 is 6.03 Å². The Kier molecular flexibility index (Phi) is 4.02. The molecule has 3 amide bonds. The molecule has 0 unspecified atom stereocenters. The van der Waals surface area contributed by atoms with E-state index in [1.165, 1.54) is 0 Å². The van der Waals surface area contributed by atoms with Gasteiger partial charge in [0.25, 0.3) is 0 Å². The summed E-state index contributed by atoms with van der Waals surface area (Å²) in [7, 11) is 1.78. The van der Waals surface area contributed by atoms with Gasteiger partial charge in [0.1, 0.15) is 0 Å². The number of anilines is 3. The number of amides is 3. The highest BCUT2D eigenvalue weighted by Gasteiger charge is 2.20. The van der Waals surface area contributed by atoms with Gasteiger partial charge in [-0.1, -0.05) is 12.1 Å². The van der Waals surface area contributed by atoms with E-state index in [1.807, 2.05) is 49.4 Å². The molecule has 2 aromatic rings. The fourth-order valence-corrected chi connectivity index (χ4v) is 2.75. The number of nitrogens with zero attached hydrogens (tertiary/aromatic N) is 1. The SMILES string of the molecule is Cc1cccc(NC(=O)Nc2ccc3c(c2)CCC(=O)N3C)c1. The third kappa shape index (κ3) is 3.34. The molecule has 23 heavy (non-hydrogen) atoms. The lowest BCUT2D eigenvalue weighted by atomic mass is 10.0. The third-order valence-electron chi connectivity index (χ3n) is 3.96. The minimum atomic E-state index is -0.282. The monoisotopic (exact) mass is 309 g/mol. The van der Waals surface area contributed by atoms with Crippen molar-refractivity contribution in [2.75, 3.05) is 22.6 Å². The van der Waals surface area contributed by atoms with Crippen LogP contribution in [0, 0.1) is 6.92 Å². The highest BCUT2D eigenvalue weighted by molar-refractivity contribution is 6.01. The molecule has 0 saturated carbocycles. The highest BCUT2D eigenvalue weighted by Crippen LogP contribution is 2.29. The summed E-state index contributed by atoms with van der Waals surface area (Å²) in [5, 5.41) is 5.65. The van der Waals surface area contributed by atoms with Crippen molar-refractivity contribution in [3.8, 4) is 0 Å². The van der Waals surface area contributed by atoms with Crippen molar-refractivity contribution in [2.24, 2.45) is 0 Å². The van der Waals surface area contributed by atoms with Crippen LogP contribution in [0.1, 0.15) is 17.5 Å². The minimum Gasteiger partial charge on any atom is -0.315 e. The molecule has 1 aliphatic rings. The maximum atomic E-state index is 12.1. The van der Waals surface area contributed by atoms with Crippen molar-refractivity contribution in [1.82, 2.24) is 0 Å². The Labute approximate surface area is 135 Å². The third-order valence-corrected chi connectivity index (χ3v) is 3.96. The Morgan fingerprint density at radius 3 is 2.52 bits per heavy atom. The maximum Gasteiger partial charge on any atom is 0.323 e. The summed E-state index contributed by atoms with van der Waals surface area (Å²) in [6, 6.07) is 13.0. The second kappa shape index (κ2) is 6.12. The van der Waals surface area contributed by atoms with Crippen LogP contribution in [0.3, 0.4) is 0 Å². The standard InChI is InChI=1S/C18H19N3O2/c1-12-4-3-5-14(10-12)19-18(23)20-15-7-8-16-13(11-15)6-9-17(22)21(16)2/h3-5,7-8,10-11H,6,9H2,1-2H3,(H2,19,20,23). The number of benzene rings is 2. The molecule has 0 fully saturated rings. The molecular weight excluding hydrogens is 290 g/mol. The average molecular weight is 309 g/mol. The molecule has 3 rings (SSSR count). The van der Waals surface area contributed by atoms with E-state index in [4.69, 9.17) is 0 Å². The second-order valence-corrected chi connectivity index (χ2v) is 5.74. The second-order valence-electron chi connectivity index (χ2n) is 5.74. The van der Waals surface area contributed by atoms with Crippen LogP contribution in [0.5, 0.6) is 0 Å². The molecular formula is C18H19N3O2. The Morgan fingerprint density at radius 1 is 1.04 bits per heavy atom. The number of aryl methyl sites for hydroxylation is 2. The van der Waals surface area contributed by atoms with Crippen molar-refractivity contribution < 1.29 is 9.59 Å². The van der Waals surface area contributed by atoms with E-state index < -0.39 is 0 Å². The fourth-order valence-electron chi connectivity index (χ4n) is 2.75. The number of carbonyl (C=O) groups excluding carboxylic acids is 2. The molecule has 1 aliphatic heterocycles. The van der Waals surface area contributed by atoms with Crippen molar-refractivity contribution >= 4 is 29.0 Å². The van der Waals surface area contributed by atoms with Gasteiger partial charge in [-0.3, -0.25) is 4.79 Å². The summed E-state index contributed by atoms with van der Waals surface area (Å²) in [5.41, 5.74) is 4.54. The van der Waals surface area contributed by atoms with Crippen LogP contribution in [0.2, 0.25) is 0 Å². The van der Waals surface area contributed by atoms with Crippen LogP contribution in [0.25, 0.3) is 0 Å². The van der Waals surface area contributed by atoms with Crippen LogP contribution >= 0.6 is 0 Å². The van der Waals surface area contributed by atoms with Gasteiger partial charge in [-0.25, -0.2) is 4.79 Å². The predicted octanol–water partition coefficient (Wildman–Crippen LogP) is 3.55. The van der Waals surface area contributed by atoms with Crippen molar-refractivity contribution in [2.45, 2.75) is 19.8 Å². The van der Waals surface area contributed by atoms with Crippen molar-refractivity contribution in [3.05, 3.63) is 53.6 Å². The number of nitrogens with one attached hydrogen (secondary N) is 2. The number of carbonyl (C=O) groups is 2. The summed E-state index contributed by atoms with van der Waals surface area (Å²) in [4.78, 5) is 25.4. The molecule has 118 valence electrons. The minimum absolute atomic E-state index is 0.121. The summed E-state index contributed by atoms with van der Waals surface area (Å²) in [5.74, 6) is 0.121. The lowest BCUT2D eigenvalue weighted by Crippen LogP contribution is -2.31. The number of hydrogen-bond donors (Lipinski definition) is 2. The normalized spacial score (nSPS) is 13.5. The summed E-state index contributed by atoms with van der Waals surface area (Å²) in [6.45, 7) is 1.98. The van der Waals surface area contributed by atoms with E-state index in [1.54, 1.807) is 11.9 Å². The largest absolute Gasteiger partial charge is 0.323 e. The van der Waals surface area contributed by atoms with Gasteiger partial charge < -0.3 is 15.5 Å². The fraction of sp³-hybridized carbons (Fsp3) is 0.222. The molecule has 5 heteroatoms. The number of fused-ring (bicyclic) bond motifs is 1. The van der Waals surface area contributed by atoms with Gasteiger partial charge in [-0.2, -0.15) is 0 Å². The lowest BCUT2D eigenvalue weighted by molar-refractivity contribution is -0.118. The Bertz CT molecular complexity index is 771. The molecule has 2 N–H and O–H groups in total. The molecule has 0 saturated heterocycles. The zero-order chi connectivity index (χ0) is 16.4. The first-order chi connectivity index (χ1) is 11.0. The number of hydrogen-bond acceptors (Lipinski definition) is 2. The van der Waals surface area contributed by atoms with Crippen LogP contribution in [0.4, 0.5) is 21.9 Å². The van der Waals surface area contributed by atoms with E-state index >= 15 is 0 Å². The first-order valence-electron chi connectivity index (χ1n) is 7.57. The molecule has 0 spiro atoms. The van der Waals surface area contributed by atoms with E-state index in [2.05, 4.69) is 10.6 Å². The zero-order valence-electron chi connectivity index (χ0n) is 13.2. The molecule has 0 atom stereocenters. The average Bonchev–Trinajstić information content (AvgIpc) is 2.51. The van der Waals surface area contributed by atoms with Crippen LogP contribution in [-0.4, -0.2) is 19.0 Å². The maximum absolute atomic E-state index is 12.1. The summed E-state index contributed by atoms with van der Waals surface area (Å²) in [6.07, 6.45) is 1.20. The van der Waals surface area contributed by atoms with E-state index in [9.17, 15) is 9.59 Å². The number of urea groups is 1. The molecule has 5 nitrogen and oxygen atoms in total. The smallest absolute Gasteiger partial charge is 0.315 e. The van der Waals surface area contributed by atoms with E-state index in [-0.39, 0.29) is 11.9 Å². The molecule has 0 bridgehead atoms. The Morgan fingerprint density at radius 2 is 1.78 bits per heavy atom. The van der Waals surface area contributed by atoms with Crippen LogP contribution < -0.4 is 15.5 Å². The zero-order valence-corrected chi connectivity index (χ0v) is 13.2. The predicted molar refractivity (Wildman–Crippen MR) is 92.0 cm³/mol. The Balaban J connectivity index is 1.71. The van der Waals surface area contributed by atoms with Crippen LogP contribution in [0.15, 0.2) is 42.5 Å². The van der Waals surface area contributed by atoms with Crippen molar-refractivity contribution in [1.29, 1.82) is 0 Å². The molecule has 0 radical (unpaired) electrons. The molecule has 0 aromatic heterocycles. The summed E-state index contributed by atoms with van der Waals surface area (Å²) >= 11 is 0. The first kappa shape index (κ1) is 15.1. The van der Waals surface area contributed by atoms with E-state index in [0.717, 1.165) is 28.2 Å². The van der Waals surface area contributed by atoms with Gasteiger partial charge in [0.2, 0.25) is 5.91 Å². The topological polar surface area (TPSA) is 61.4 Å².